The maximum atomic E-state index is 12.2. The Morgan fingerprint density at radius 1 is 1.00 bits per heavy atom. The maximum Gasteiger partial charge on any atom is 0.405 e. The number of carbonyl (C=O) groups is 2. The number of anilines is 1. The second-order valence-electron chi connectivity index (χ2n) is 5.69. The van der Waals surface area contributed by atoms with Crippen LogP contribution in [-0.4, -0.2) is 49.6 Å². The molecule has 1 aromatic carbocycles. The molecule has 0 unspecified atom stereocenters. The van der Waals surface area contributed by atoms with E-state index in [1.807, 2.05) is 30.3 Å². The highest BCUT2D eigenvalue weighted by molar-refractivity contribution is 5.88. The summed E-state index contributed by atoms with van der Waals surface area (Å²) in [5, 5.41) is 11.5. The Labute approximate surface area is 145 Å². The number of ether oxygens (including phenoxy) is 1. The van der Waals surface area contributed by atoms with Crippen molar-refractivity contribution in [3.05, 3.63) is 65.6 Å². The average molecular weight is 341 g/mol. The van der Waals surface area contributed by atoms with Gasteiger partial charge in [0.05, 0.1) is 0 Å². The second kappa shape index (κ2) is 7.65. The van der Waals surface area contributed by atoms with Crippen molar-refractivity contribution in [3.63, 3.8) is 0 Å². The van der Waals surface area contributed by atoms with Gasteiger partial charge in [0.25, 0.3) is 5.91 Å². The number of amides is 1. The molecule has 25 heavy (non-hydrogen) atoms. The highest BCUT2D eigenvalue weighted by Crippen LogP contribution is 2.15. The molecule has 1 aromatic heterocycles. The van der Waals surface area contributed by atoms with Crippen molar-refractivity contribution in [2.45, 2.75) is 0 Å². The molecule has 1 aliphatic rings. The quantitative estimate of drug-likeness (QED) is 0.468. The van der Waals surface area contributed by atoms with Crippen molar-refractivity contribution in [1.82, 2.24) is 4.90 Å². The van der Waals surface area contributed by atoms with Crippen LogP contribution in [0.3, 0.4) is 0 Å². The molecule has 0 saturated carbocycles. The fourth-order valence-corrected chi connectivity index (χ4v) is 2.73. The van der Waals surface area contributed by atoms with E-state index in [1.165, 1.54) is 18.3 Å². The van der Waals surface area contributed by atoms with Gasteiger partial charge in [0.2, 0.25) is 0 Å². The van der Waals surface area contributed by atoms with Gasteiger partial charge in [-0.1, -0.05) is 18.2 Å². The Bertz CT molecular complexity index is 743. The SMILES string of the molecule is O=C(OCC(=O)N1CCN(c2ccccc2)CC1)c1cccc[n+]1[O-]. The van der Waals surface area contributed by atoms with Crippen molar-refractivity contribution >= 4 is 17.6 Å². The molecule has 3 rings (SSSR count). The van der Waals surface area contributed by atoms with Crippen LogP contribution in [0.15, 0.2) is 54.7 Å². The smallest absolute Gasteiger partial charge is 0.405 e. The van der Waals surface area contributed by atoms with Crippen molar-refractivity contribution in [2.24, 2.45) is 0 Å². The van der Waals surface area contributed by atoms with Gasteiger partial charge in [-0.3, -0.25) is 4.79 Å². The molecule has 0 atom stereocenters. The van der Waals surface area contributed by atoms with Gasteiger partial charge in [0, 0.05) is 44.0 Å². The summed E-state index contributed by atoms with van der Waals surface area (Å²) in [6, 6.07) is 14.5. The minimum Gasteiger partial charge on any atom is -0.618 e. The highest BCUT2D eigenvalue weighted by Gasteiger charge is 2.24. The van der Waals surface area contributed by atoms with Crippen LogP contribution >= 0.6 is 0 Å². The molecule has 0 N–H and O–H groups in total. The Morgan fingerprint density at radius 3 is 2.36 bits per heavy atom. The third-order valence-electron chi connectivity index (χ3n) is 4.11. The van der Waals surface area contributed by atoms with E-state index >= 15 is 0 Å². The van der Waals surface area contributed by atoms with Gasteiger partial charge in [-0.05, 0) is 18.2 Å². The Morgan fingerprint density at radius 2 is 1.68 bits per heavy atom. The van der Waals surface area contributed by atoms with E-state index in [0.717, 1.165) is 18.8 Å². The molecule has 2 aromatic rings. The zero-order chi connectivity index (χ0) is 17.6. The molecule has 7 nitrogen and oxygen atoms in total. The minimum atomic E-state index is -0.799. The molecule has 1 fully saturated rings. The lowest BCUT2D eigenvalue weighted by Crippen LogP contribution is -2.50. The van der Waals surface area contributed by atoms with E-state index in [9.17, 15) is 14.8 Å². The van der Waals surface area contributed by atoms with Gasteiger partial charge in [0.1, 0.15) is 0 Å². The third kappa shape index (κ3) is 4.06. The molecule has 130 valence electrons. The number of piperazine rings is 1. The lowest BCUT2D eigenvalue weighted by Gasteiger charge is -2.36. The molecular formula is C18H19N3O4. The summed E-state index contributed by atoms with van der Waals surface area (Å²) >= 11 is 0. The number of pyridine rings is 1. The number of hydrogen-bond acceptors (Lipinski definition) is 5. The summed E-state index contributed by atoms with van der Waals surface area (Å²) in [6.07, 6.45) is 1.21. The first-order valence-electron chi connectivity index (χ1n) is 8.08. The van der Waals surface area contributed by atoms with Crippen LogP contribution in [0.5, 0.6) is 0 Å². The highest BCUT2D eigenvalue weighted by atomic mass is 16.5. The Balaban J connectivity index is 1.48. The van der Waals surface area contributed by atoms with E-state index in [0.29, 0.717) is 17.8 Å². The number of para-hydroxylation sites is 1. The molecular weight excluding hydrogens is 322 g/mol. The summed E-state index contributed by atoms with van der Waals surface area (Å²) in [4.78, 5) is 28.0. The van der Waals surface area contributed by atoms with Crippen LogP contribution < -0.4 is 9.63 Å². The van der Waals surface area contributed by atoms with Crippen LogP contribution in [0, 0.1) is 5.21 Å². The van der Waals surface area contributed by atoms with Crippen LogP contribution in [0.4, 0.5) is 5.69 Å². The molecule has 0 spiro atoms. The second-order valence-corrected chi connectivity index (χ2v) is 5.69. The molecule has 0 aliphatic carbocycles. The van der Waals surface area contributed by atoms with Gasteiger partial charge < -0.3 is 19.7 Å². The molecule has 1 aliphatic heterocycles. The van der Waals surface area contributed by atoms with Gasteiger partial charge in [-0.2, -0.15) is 4.73 Å². The van der Waals surface area contributed by atoms with Gasteiger partial charge >= 0.3 is 11.7 Å². The number of rotatable bonds is 4. The van der Waals surface area contributed by atoms with Crippen LogP contribution in [0.25, 0.3) is 0 Å². The van der Waals surface area contributed by atoms with Gasteiger partial charge in [0.15, 0.2) is 12.8 Å². The first-order valence-corrected chi connectivity index (χ1v) is 8.08. The van der Waals surface area contributed by atoms with Gasteiger partial charge in [-0.15, -0.1) is 0 Å². The lowest BCUT2D eigenvalue weighted by molar-refractivity contribution is -0.608. The summed E-state index contributed by atoms with van der Waals surface area (Å²) in [7, 11) is 0. The molecule has 0 bridgehead atoms. The standard InChI is InChI=1S/C18H19N3O4/c22-17(14-25-18(23)16-8-4-5-9-21(16)24)20-12-10-19(11-13-20)15-6-2-1-3-7-15/h1-9H,10-14H2. The predicted molar refractivity (Wildman–Crippen MR) is 90.9 cm³/mol. The Hall–Kier alpha value is -3.09. The number of hydrogen-bond donors (Lipinski definition) is 0. The molecule has 2 heterocycles. The monoisotopic (exact) mass is 341 g/mol. The first kappa shape index (κ1) is 16.8. The van der Waals surface area contributed by atoms with Crippen molar-refractivity contribution in [2.75, 3.05) is 37.7 Å². The summed E-state index contributed by atoms with van der Waals surface area (Å²) < 4.78 is 5.39. The number of esters is 1. The zero-order valence-corrected chi connectivity index (χ0v) is 13.7. The molecule has 1 saturated heterocycles. The fraction of sp³-hybridized carbons (Fsp3) is 0.278. The van der Waals surface area contributed by atoms with Gasteiger partial charge in [-0.25, -0.2) is 4.79 Å². The number of benzene rings is 1. The average Bonchev–Trinajstić information content (AvgIpc) is 2.67. The number of aromatic nitrogens is 1. The van der Waals surface area contributed by atoms with E-state index in [2.05, 4.69) is 4.90 Å². The van der Waals surface area contributed by atoms with E-state index in [4.69, 9.17) is 4.74 Å². The van der Waals surface area contributed by atoms with Crippen molar-refractivity contribution < 1.29 is 19.1 Å². The molecule has 1 amide bonds. The van der Waals surface area contributed by atoms with E-state index in [-0.39, 0.29) is 18.2 Å². The molecule has 0 radical (unpaired) electrons. The summed E-state index contributed by atoms with van der Waals surface area (Å²) in [6.45, 7) is 2.22. The van der Waals surface area contributed by atoms with Crippen LogP contribution in [0.2, 0.25) is 0 Å². The first-order chi connectivity index (χ1) is 12.1. The molecule has 7 heteroatoms. The lowest BCUT2D eigenvalue weighted by atomic mass is 10.2. The normalized spacial score (nSPS) is 14.2. The largest absolute Gasteiger partial charge is 0.618 e. The fourth-order valence-electron chi connectivity index (χ4n) is 2.73. The Kier molecular flexibility index (Phi) is 5.13. The van der Waals surface area contributed by atoms with Crippen molar-refractivity contribution in [3.8, 4) is 0 Å². The number of nitrogens with zero attached hydrogens (tertiary/aromatic N) is 3. The minimum absolute atomic E-state index is 0.135. The summed E-state index contributed by atoms with van der Waals surface area (Å²) in [5.74, 6) is -1.05. The van der Waals surface area contributed by atoms with E-state index in [1.54, 1.807) is 11.0 Å². The van der Waals surface area contributed by atoms with Crippen LogP contribution in [0.1, 0.15) is 10.5 Å². The summed E-state index contributed by atoms with van der Waals surface area (Å²) in [5.41, 5.74) is 0.995. The third-order valence-corrected chi connectivity index (χ3v) is 4.11. The topological polar surface area (TPSA) is 76.8 Å². The predicted octanol–water partition coefficient (Wildman–Crippen LogP) is 0.826. The maximum absolute atomic E-state index is 12.2. The number of carbonyl (C=O) groups excluding carboxylic acids is 2. The van der Waals surface area contributed by atoms with Crippen molar-refractivity contribution in [1.29, 1.82) is 0 Å². The van der Waals surface area contributed by atoms with E-state index < -0.39 is 5.97 Å². The zero-order valence-electron chi connectivity index (χ0n) is 13.7. The van der Waals surface area contributed by atoms with Crippen LogP contribution in [-0.2, 0) is 9.53 Å².